The molecule has 1 N–H and O–H groups in total. The van der Waals surface area contributed by atoms with Gasteiger partial charge < -0.3 is 14.5 Å². The molecule has 2 aromatic rings. The SMILES string of the molecule is CC(C)(C)NCc1coc(COc2cccc(Cl)c2)c1. The Morgan fingerprint density at radius 3 is 2.75 bits per heavy atom. The van der Waals surface area contributed by atoms with Gasteiger partial charge in [0.2, 0.25) is 0 Å². The van der Waals surface area contributed by atoms with Crippen LogP contribution in [0.25, 0.3) is 0 Å². The molecule has 2 rings (SSSR count). The second-order valence-corrected chi connectivity index (χ2v) is 6.21. The van der Waals surface area contributed by atoms with Crippen molar-refractivity contribution < 1.29 is 9.15 Å². The van der Waals surface area contributed by atoms with Gasteiger partial charge in [0.15, 0.2) is 0 Å². The highest BCUT2D eigenvalue weighted by molar-refractivity contribution is 6.30. The first-order valence-electron chi connectivity index (χ1n) is 6.62. The molecule has 108 valence electrons. The summed E-state index contributed by atoms with van der Waals surface area (Å²) in [7, 11) is 0. The Balaban J connectivity index is 1.87. The van der Waals surface area contributed by atoms with Gasteiger partial charge in [0, 0.05) is 22.7 Å². The van der Waals surface area contributed by atoms with E-state index in [0.717, 1.165) is 23.6 Å². The maximum absolute atomic E-state index is 5.90. The molecule has 4 heteroatoms. The molecule has 0 amide bonds. The topological polar surface area (TPSA) is 34.4 Å². The largest absolute Gasteiger partial charge is 0.486 e. The summed E-state index contributed by atoms with van der Waals surface area (Å²) >= 11 is 5.90. The monoisotopic (exact) mass is 293 g/mol. The minimum absolute atomic E-state index is 0.0920. The molecule has 0 radical (unpaired) electrons. The average molecular weight is 294 g/mol. The Morgan fingerprint density at radius 2 is 2.05 bits per heavy atom. The van der Waals surface area contributed by atoms with Crippen molar-refractivity contribution in [3.63, 3.8) is 0 Å². The molecule has 1 aromatic heterocycles. The normalized spacial score (nSPS) is 11.6. The minimum Gasteiger partial charge on any atom is -0.486 e. The fourth-order valence-corrected chi connectivity index (χ4v) is 1.85. The third kappa shape index (κ3) is 4.91. The number of hydrogen-bond donors (Lipinski definition) is 1. The highest BCUT2D eigenvalue weighted by Crippen LogP contribution is 2.19. The molecular formula is C16H20ClNO2. The number of nitrogens with one attached hydrogen (secondary N) is 1. The third-order valence-corrected chi connectivity index (χ3v) is 2.94. The first kappa shape index (κ1) is 14.9. The molecule has 0 bridgehead atoms. The molecule has 0 aliphatic rings. The minimum atomic E-state index is 0.0920. The van der Waals surface area contributed by atoms with Crippen LogP contribution < -0.4 is 10.1 Å². The lowest BCUT2D eigenvalue weighted by atomic mass is 10.1. The molecule has 0 atom stereocenters. The average Bonchev–Trinajstić information content (AvgIpc) is 2.81. The summed E-state index contributed by atoms with van der Waals surface area (Å²) < 4.78 is 11.1. The van der Waals surface area contributed by atoms with Gasteiger partial charge in [0.05, 0.1) is 6.26 Å². The smallest absolute Gasteiger partial charge is 0.146 e. The highest BCUT2D eigenvalue weighted by Gasteiger charge is 2.10. The van der Waals surface area contributed by atoms with E-state index in [2.05, 4.69) is 26.1 Å². The van der Waals surface area contributed by atoms with Crippen LogP contribution in [-0.4, -0.2) is 5.54 Å². The van der Waals surface area contributed by atoms with Crippen LogP contribution in [0.2, 0.25) is 5.02 Å². The summed E-state index contributed by atoms with van der Waals surface area (Å²) in [5.74, 6) is 1.54. The predicted molar refractivity (Wildman–Crippen MR) is 81.1 cm³/mol. The van der Waals surface area contributed by atoms with Crippen LogP contribution in [-0.2, 0) is 13.2 Å². The van der Waals surface area contributed by atoms with Gasteiger partial charge >= 0.3 is 0 Å². The molecule has 0 aliphatic heterocycles. The summed E-state index contributed by atoms with van der Waals surface area (Å²) in [5.41, 5.74) is 1.21. The van der Waals surface area contributed by atoms with E-state index in [1.54, 1.807) is 12.3 Å². The maximum atomic E-state index is 5.90. The van der Waals surface area contributed by atoms with E-state index in [1.165, 1.54) is 0 Å². The Hall–Kier alpha value is -1.45. The van der Waals surface area contributed by atoms with Crippen molar-refractivity contribution in [1.29, 1.82) is 0 Å². The molecule has 0 fully saturated rings. The summed E-state index contributed by atoms with van der Waals surface area (Å²) in [6.07, 6.45) is 1.76. The summed E-state index contributed by atoms with van der Waals surface area (Å²) in [6.45, 7) is 7.59. The summed E-state index contributed by atoms with van der Waals surface area (Å²) in [5, 5.41) is 4.08. The zero-order valence-electron chi connectivity index (χ0n) is 12.1. The molecule has 0 saturated heterocycles. The van der Waals surface area contributed by atoms with E-state index >= 15 is 0 Å². The second kappa shape index (κ2) is 6.33. The second-order valence-electron chi connectivity index (χ2n) is 5.77. The van der Waals surface area contributed by atoms with E-state index in [4.69, 9.17) is 20.8 Å². The lowest BCUT2D eigenvalue weighted by Crippen LogP contribution is -2.34. The lowest BCUT2D eigenvalue weighted by molar-refractivity contribution is 0.270. The van der Waals surface area contributed by atoms with E-state index in [1.807, 2.05) is 24.3 Å². The van der Waals surface area contributed by atoms with Crippen molar-refractivity contribution in [2.75, 3.05) is 0 Å². The Labute approximate surface area is 124 Å². The fraction of sp³-hybridized carbons (Fsp3) is 0.375. The van der Waals surface area contributed by atoms with Gasteiger partial charge in [-0.1, -0.05) is 17.7 Å². The number of halogens is 1. The molecule has 0 saturated carbocycles. The van der Waals surface area contributed by atoms with Crippen molar-refractivity contribution in [2.24, 2.45) is 0 Å². The summed E-state index contributed by atoms with van der Waals surface area (Å²) in [6, 6.07) is 9.34. The molecule has 0 aliphatic carbocycles. The van der Waals surface area contributed by atoms with Crippen molar-refractivity contribution in [3.05, 3.63) is 52.9 Å². The summed E-state index contributed by atoms with van der Waals surface area (Å²) in [4.78, 5) is 0. The fourth-order valence-electron chi connectivity index (χ4n) is 1.67. The van der Waals surface area contributed by atoms with Crippen molar-refractivity contribution in [2.45, 2.75) is 39.5 Å². The van der Waals surface area contributed by atoms with Gasteiger partial charge in [-0.05, 0) is 45.0 Å². The van der Waals surface area contributed by atoms with Crippen LogP contribution in [0.15, 0.2) is 41.0 Å². The molecule has 1 aromatic carbocycles. The molecular weight excluding hydrogens is 274 g/mol. The Kier molecular flexibility index (Phi) is 4.73. The number of furan rings is 1. The lowest BCUT2D eigenvalue weighted by Gasteiger charge is -2.19. The van der Waals surface area contributed by atoms with Crippen LogP contribution in [0.1, 0.15) is 32.1 Å². The van der Waals surface area contributed by atoms with E-state index in [9.17, 15) is 0 Å². The predicted octanol–water partition coefficient (Wildman–Crippen LogP) is 4.40. The van der Waals surface area contributed by atoms with Crippen LogP contribution in [0.4, 0.5) is 0 Å². The quantitative estimate of drug-likeness (QED) is 0.887. The van der Waals surface area contributed by atoms with E-state index < -0.39 is 0 Å². The Bertz CT molecular complexity index is 558. The van der Waals surface area contributed by atoms with Crippen molar-refractivity contribution in [3.8, 4) is 5.75 Å². The van der Waals surface area contributed by atoms with E-state index in [-0.39, 0.29) is 5.54 Å². The number of ether oxygens (including phenoxy) is 1. The van der Waals surface area contributed by atoms with Crippen molar-refractivity contribution in [1.82, 2.24) is 5.32 Å². The van der Waals surface area contributed by atoms with Crippen molar-refractivity contribution >= 4 is 11.6 Å². The third-order valence-electron chi connectivity index (χ3n) is 2.71. The molecule has 0 unspecified atom stereocenters. The van der Waals surface area contributed by atoms with Gasteiger partial charge in [-0.15, -0.1) is 0 Å². The first-order chi connectivity index (χ1) is 9.42. The van der Waals surface area contributed by atoms with Crippen LogP contribution in [0.3, 0.4) is 0 Å². The standard InChI is InChI=1S/C16H20ClNO2/c1-16(2,3)18-9-12-7-15(19-10-12)11-20-14-6-4-5-13(17)8-14/h4-8,10,18H,9,11H2,1-3H3. The molecule has 1 heterocycles. The molecule has 20 heavy (non-hydrogen) atoms. The zero-order chi connectivity index (χ0) is 14.6. The van der Waals surface area contributed by atoms with E-state index in [0.29, 0.717) is 11.6 Å². The van der Waals surface area contributed by atoms with Gasteiger partial charge in [-0.3, -0.25) is 0 Å². The first-order valence-corrected chi connectivity index (χ1v) is 7.00. The van der Waals surface area contributed by atoms with Gasteiger partial charge in [-0.2, -0.15) is 0 Å². The number of benzene rings is 1. The number of rotatable bonds is 5. The number of hydrogen-bond acceptors (Lipinski definition) is 3. The highest BCUT2D eigenvalue weighted by atomic mass is 35.5. The van der Waals surface area contributed by atoms with Crippen LogP contribution in [0.5, 0.6) is 5.75 Å². The zero-order valence-corrected chi connectivity index (χ0v) is 12.8. The molecule has 0 spiro atoms. The van der Waals surface area contributed by atoms with Crippen LogP contribution >= 0.6 is 11.6 Å². The van der Waals surface area contributed by atoms with Gasteiger partial charge in [0.1, 0.15) is 18.1 Å². The van der Waals surface area contributed by atoms with Gasteiger partial charge in [-0.25, -0.2) is 0 Å². The molecule has 3 nitrogen and oxygen atoms in total. The Morgan fingerprint density at radius 1 is 1.25 bits per heavy atom. The van der Waals surface area contributed by atoms with Crippen LogP contribution in [0, 0.1) is 0 Å². The van der Waals surface area contributed by atoms with Gasteiger partial charge in [0.25, 0.3) is 0 Å². The maximum Gasteiger partial charge on any atom is 0.146 e.